The minimum atomic E-state index is -0.843. The van der Waals surface area contributed by atoms with Gasteiger partial charge in [0.2, 0.25) is 5.91 Å². The molecule has 0 spiro atoms. The highest BCUT2D eigenvalue weighted by Crippen LogP contribution is 2.22. The van der Waals surface area contributed by atoms with Crippen molar-refractivity contribution in [2.24, 2.45) is 0 Å². The van der Waals surface area contributed by atoms with Gasteiger partial charge in [-0.1, -0.05) is 12.1 Å². The van der Waals surface area contributed by atoms with E-state index in [4.69, 9.17) is 5.11 Å². The molecule has 0 radical (unpaired) electrons. The van der Waals surface area contributed by atoms with E-state index in [0.29, 0.717) is 19.4 Å². The van der Waals surface area contributed by atoms with E-state index in [-0.39, 0.29) is 30.5 Å². The summed E-state index contributed by atoms with van der Waals surface area (Å²) < 4.78 is 0. The molecule has 1 fully saturated rings. The number of carboxylic acid groups (broad SMARTS) is 1. The van der Waals surface area contributed by atoms with Crippen LogP contribution in [0.15, 0.2) is 24.3 Å². The van der Waals surface area contributed by atoms with Crippen molar-refractivity contribution in [3.8, 4) is 0 Å². The van der Waals surface area contributed by atoms with Crippen LogP contribution in [0.5, 0.6) is 0 Å². The molecule has 1 amide bonds. The highest BCUT2D eigenvalue weighted by molar-refractivity contribution is 5.77. The van der Waals surface area contributed by atoms with Gasteiger partial charge in [-0.05, 0) is 37.7 Å². The molecule has 1 heterocycles. The fourth-order valence-electron chi connectivity index (χ4n) is 3.14. The Hall–Kier alpha value is -2.44. The second-order valence-electron chi connectivity index (χ2n) is 6.10. The normalized spacial score (nSPS) is 17.5. The van der Waals surface area contributed by atoms with Crippen LogP contribution in [0.1, 0.15) is 44.1 Å². The summed E-state index contributed by atoms with van der Waals surface area (Å²) in [5.41, 5.74) is 0.786. The molecule has 1 aromatic carbocycles. The Kier molecular flexibility index (Phi) is 6.28. The van der Waals surface area contributed by atoms with Crippen LogP contribution in [0, 0.1) is 10.1 Å². The summed E-state index contributed by atoms with van der Waals surface area (Å²) in [5, 5.41) is 19.6. The average molecular weight is 334 g/mol. The van der Waals surface area contributed by atoms with Gasteiger partial charge in [-0.15, -0.1) is 0 Å². The number of hydrogen-bond acceptors (Lipinski definition) is 4. The van der Waals surface area contributed by atoms with E-state index in [1.165, 1.54) is 12.1 Å². The van der Waals surface area contributed by atoms with Crippen LogP contribution in [-0.4, -0.2) is 39.4 Å². The minimum Gasteiger partial charge on any atom is -0.481 e. The third kappa shape index (κ3) is 5.04. The van der Waals surface area contributed by atoms with Crippen LogP contribution in [0.25, 0.3) is 0 Å². The number of hydrogen-bond donors (Lipinski definition) is 1. The molecule has 1 saturated heterocycles. The summed E-state index contributed by atoms with van der Waals surface area (Å²) in [7, 11) is 0. The maximum atomic E-state index is 12.5. The maximum absolute atomic E-state index is 12.5. The predicted molar refractivity (Wildman–Crippen MR) is 87.6 cm³/mol. The number of amides is 1. The molecular formula is C17H22N2O5. The topological polar surface area (TPSA) is 101 Å². The number of nitro benzene ring substituents is 1. The van der Waals surface area contributed by atoms with Gasteiger partial charge in [-0.3, -0.25) is 19.7 Å². The van der Waals surface area contributed by atoms with Gasteiger partial charge in [0.15, 0.2) is 0 Å². The largest absolute Gasteiger partial charge is 0.481 e. The fraction of sp³-hybridized carbons (Fsp3) is 0.529. The van der Waals surface area contributed by atoms with E-state index in [1.54, 1.807) is 17.0 Å². The Balaban J connectivity index is 1.93. The zero-order chi connectivity index (χ0) is 17.5. The SMILES string of the molecule is O=C(O)CCC1CCCCN1C(=O)CCc1cccc([N+](=O)[O-])c1. The Morgan fingerprint density at radius 1 is 1.29 bits per heavy atom. The molecular weight excluding hydrogens is 312 g/mol. The van der Waals surface area contributed by atoms with Gasteiger partial charge >= 0.3 is 5.97 Å². The van der Waals surface area contributed by atoms with Gasteiger partial charge in [-0.25, -0.2) is 0 Å². The summed E-state index contributed by atoms with van der Waals surface area (Å²) in [5.74, 6) is -0.846. The number of likely N-dealkylation sites (tertiary alicyclic amines) is 1. The first-order chi connectivity index (χ1) is 11.5. The molecule has 1 aromatic rings. The first-order valence-electron chi connectivity index (χ1n) is 8.22. The lowest BCUT2D eigenvalue weighted by Gasteiger charge is -2.35. The molecule has 1 aliphatic heterocycles. The van der Waals surface area contributed by atoms with Crippen LogP contribution in [-0.2, 0) is 16.0 Å². The zero-order valence-corrected chi connectivity index (χ0v) is 13.5. The van der Waals surface area contributed by atoms with E-state index in [1.807, 2.05) is 0 Å². The maximum Gasteiger partial charge on any atom is 0.303 e. The zero-order valence-electron chi connectivity index (χ0n) is 13.5. The van der Waals surface area contributed by atoms with Gasteiger partial charge in [0.25, 0.3) is 5.69 Å². The predicted octanol–water partition coefficient (Wildman–Crippen LogP) is 2.77. The third-order valence-corrected chi connectivity index (χ3v) is 4.39. The van der Waals surface area contributed by atoms with Gasteiger partial charge in [-0.2, -0.15) is 0 Å². The summed E-state index contributed by atoms with van der Waals surface area (Å²) >= 11 is 0. The van der Waals surface area contributed by atoms with E-state index in [9.17, 15) is 19.7 Å². The Morgan fingerprint density at radius 2 is 2.08 bits per heavy atom. The van der Waals surface area contributed by atoms with Crippen molar-refractivity contribution in [3.63, 3.8) is 0 Å². The highest BCUT2D eigenvalue weighted by atomic mass is 16.6. The second kappa shape index (κ2) is 8.42. The lowest BCUT2D eigenvalue weighted by molar-refractivity contribution is -0.384. The number of piperidine rings is 1. The van der Waals surface area contributed by atoms with E-state index in [2.05, 4.69) is 0 Å². The number of carboxylic acids is 1. The van der Waals surface area contributed by atoms with Gasteiger partial charge < -0.3 is 10.0 Å². The molecule has 0 bridgehead atoms. The van der Waals surface area contributed by atoms with Gasteiger partial charge in [0.1, 0.15) is 0 Å². The molecule has 1 unspecified atom stereocenters. The molecule has 0 saturated carbocycles. The van der Waals surface area contributed by atoms with Crippen molar-refractivity contribution in [3.05, 3.63) is 39.9 Å². The minimum absolute atomic E-state index is 0.00315. The number of benzene rings is 1. The molecule has 24 heavy (non-hydrogen) atoms. The van der Waals surface area contributed by atoms with Gasteiger partial charge in [0, 0.05) is 37.6 Å². The Labute approximate surface area is 140 Å². The first kappa shape index (κ1) is 17.9. The summed E-state index contributed by atoms with van der Waals surface area (Å²) in [4.78, 5) is 35.4. The molecule has 1 atom stereocenters. The smallest absolute Gasteiger partial charge is 0.303 e. The molecule has 1 N–H and O–H groups in total. The number of nitro groups is 1. The van der Waals surface area contributed by atoms with Crippen molar-refractivity contribution in [2.45, 2.75) is 51.0 Å². The highest BCUT2D eigenvalue weighted by Gasteiger charge is 2.26. The average Bonchev–Trinajstić information content (AvgIpc) is 2.58. The molecule has 2 rings (SSSR count). The van der Waals surface area contributed by atoms with Crippen molar-refractivity contribution in [1.29, 1.82) is 0 Å². The molecule has 0 aromatic heterocycles. The van der Waals surface area contributed by atoms with Crippen molar-refractivity contribution in [1.82, 2.24) is 4.90 Å². The van der Waals surface area contributed by atoms with Gasteiger partial charge in [0.05, 0.1) is 4.92 Å². The van der Waals surface area contributed by atoms with Crippen LogP contribution < -0.4 is 0 Å². The molecule has 1 aliphatic rings. The molecule has 7 heteroatoms. The number of carbonyl (C=O) groups excluding carboxylic acids is 1. The standard InChI is InChI=1S/C17H22N2O5/c20-16(9-7-13-4-3-6-15(12-13)19(23)24)18-11-2-1-5-14(18)8-10-17(21)22/h3-4,6,12,14H,1-2,5,7-11H2,(H,21,22). The van der Waals surface area contributed by atoms with Crippen LogP contribution in [0.3, 0.4) is 0 Å². The Bertz CT molecular complexity index is 617. The van der Waals surface area contributed by atoms with Crippen molar-refractivity contribution in [2.75, 3.05) is 6.54 Å². The monoisotopic (exact) mass is 334 g/mol. The van der Waals surface area contributed by atoms with E-state index < -0.39 is 10.9 Å². The first-order valence-corrected chi connectivity index (χ1v) is 8.22. The second-order valence-corrected chi connectivity index (χ2v) is 6.10. The summed E-state index contributed by atoms with van der Waals surface area (Å²) in [6, 6.07) is 6.31. The lowest BCUT2D eigenvalue weighted by Crippen LogP contribution is -2.44. The molecule has 7 nitrogen and oxygen atoms in total. The van der Waals surface area contributed by atoms with E-state index >= 15 is 0 Å². The number of rotatable bonds is 7. The molecule has 0 aliphatic carbocycles. The van der Waals surface area contributed by atoms with Crippen LogP contribution >= 0.6 is 0 Å². The van der Waals surface area contributed by atoms with Crippen molar-refractivity contribution >= 4 is 17.6 Å². The van der Waals surface area contributed by atoms with Crippen molar-refractivity contribution < 1.29 is 19.6 Å². The Morgan fingerprint density at radius 3 is 2.79 bits per heavy atom. The van der Waals surface area contributed by atoms with Crippen LogP contribution in [0.4, 0.5) is 5.69 Å². The number of nitrogens with zero attached hydrogens (tertiary/aromatic N) is 2. The number of carbonyl (C=O) groups is 2. The lowest BCUT2D eigenvalue weighted by atomic mass is 9.97. The van der Waals surface area contributed by atoms with Crippen LogP contribution in [0.2, 0.25) is 0 Å². The molecule has 130 valence electrons. The summed E-state index contributed by atoms with van der Waals surface area (Å²) in [6.45, 7) is 0.665. The number of aryl methyl sites for hydroxylation is 1. The number of non-ortho nitro benzene ring substituents is 1. The number of aliphatic carboxylic acids is 1. The summed E-state index contributed by atoms with van der Waals surface area (Å²) in [6.07, 6.45) is 4.07. The fourth-order valence-corrected chi connectivity index (χ4v) is 3.14. The quantitative estimate of drug-likeness (QED) is 0.610. The van der Waals surface area contributed by atoms with E-state index in [0.717, 1.165) is 24.8 Å². The third-order valence-electron chi connectivity index (χ3n) is 4.39.